The van der Waals surface area contributed by atoms with Crippen molar-refractivity contribution in [1.29, 1.82) is 0 Å². The molecule has 0 saturated carbocycles. The van der Waals surface area contributed by atoms with Crippen molar-refractivity contribution in [2.24, 2.45) is 0 Å². The highest BCUT2D eigenvalue weighted by molar-refractivity contribution is 5.83. The first-order chi connectivity index (χ1) is 12.9. The normalized spacial score (nSPS) is 19.2. The molecule has 2 amide bonds. The van der Waals surface area contributed by atoms with Crippen LogP contribution in [0.5, 0.6) is 0 Å². The summed E-state index contributed by atoms with van der Waals surface area (Å²) in [4.78, 5) is 25.1. The number of halogens is 6. The van der Waals surface area contributed by atoms with E-state index in [1.54, 1.807) is 0 Å². The summed E-state index contributed by atoms with van der Waals surface area (Å²) >= 11 is 0. The van der Waals surface area contributed by atoms with E-state index in [1.165, 1.54) is 11.8 Å². The summed E-state index contributed by atoms with van der Waals surface area (Å²) in [5, 5.41) is 2.17. The van der Waals surface area contributed by atoms with Crippen molar-refractivity contribution in [3.63, 3.8) is 0 Å². The third kappa shape index (κ3) is 6.11. The fourth-order valence-electron chi connectivity index (χ4n) is 2.75. The minimum atomic E-state index is -4.67. The maximum absolute atomic E-state index is 12.9. The number of alkyl halides is 6. The SMILES string of the molecule is CC(=O)N1CCOC(C(=O)NC(CC(F)(F)F)c2ccc(C(F)(F)F)cc2)C1. The Balaban J connectivity index is 2.17. The van der Waals surface area contributed by atoms with E-state index in [4.69, 9.17) is 4.74 Å². The molecule has 2 atom stereocenters. The third-order valence-corrected chi connectivity index (χ3v) is 4.20. The molecule has 0 aromatic heterocycles. The number of ether oxygens (including phenoxy) is 1. The molecule has 0 radical (unpaired) electrons. The zero-order valence-corrected chi connectivity index (χ0v) is 14.7. The number of rotatable bonds is 4. The minimum Gasteiger partial charge on any atom is -0.365 e. The van der Waals surface area contributed by atoms with E-state index in [0.717, 1.165) is 12.1 Å². The maximum Gasteiger partial charge on any atom is 0.416 e. The summed E-state index contributed by atoms with van der Waals surface area (Å²) in [6, 6.07) is 1.50. The van der Waals surface area contributed by atoms with Crippen LogP contribution in [-0.2, 0) is 20.5 Å². The number of nitrogens with one attached hydrogen (secondary N) is 1. The lowest BCUT2D eigenvalue weighted by molar-refractivity contribution is -0.151. The van der Waals surface area contributed by atoms with E-state index in [1.807, 2.05) is 0 Å². The lowest BCUT2D eigenvalue weighted by atomic mass is 10.0. The van der Waals surface area contributed by atoms with E-state index in [0.29, 0.717) is 12.1 Å². The van der Waals surface area contributed by atoms with Crippen molar-refractivity contribution in [2.45, 2.75) is 37.8 Å². The van der Waals surface area contributed by atoms with Gasteiger partial charge in [-0.1, -0.05) is 12.1 Å². The van der Waals surface area contributed by atoms with Gasteiger partial charge < -0.3 is 15.0 Å². The molecule has 1 N–H and O–H groups in total. The summed E-state index contributed by atoms with van der Waals surface area (Å²) in [6.45, 7) is 1.47. The largest absolute Gasteiger partial charge is 0.416 e. The lowest BCUT2D eigenvalue weighted by Gasteiger charge is -2.32. The van der Waals surface area contributed by atoms with Crippen molar-refractivity contribution in [2.75, 3.05) is 19.7 Å². The molecular formula is C17H18F6N2O3. The summed E-state index contributed by atoms with van der Waals surface area (Å²) in [5.41, 5.74) is -1.14. The Kier molecular flexibility index (Phi) is 6.58. The smallest absolute Gasteiger partial charge is 0.365 e. The number of morpholine rings is 1. The standard InChI is InChI=1S/C17H18F6N2O3/c1-10(26)25-6-7-28-14(9-25)15(27)24-13(8-16(18,19)20)11-2-4-12(5-3-11)17(21,22)23/h2-5,13-14H,6-9H2,1H3,(H,24,27). The van der Waals surface area contributed by atoms with Gasteiger partial charge in [-0.05, 0) is 17.7 Å². The second kappa shape index (κ2) is 8.38. The summed E-state index contributed by atoms with van der Waals surface area (Å²) in [7, 11) is 0. The van der Waals surface area contributed by atoms with E-state index < -0.39 is 42.4 Å². The Hall–Kier alpha value is -2.30. The second-order valence-corrected chi connectivity index (χ2v) is 6.32. The zero-order chi connectivity index (χ0) is 21.1. The van der Waals surface area contributed by atoms with Crippen LogP contribution in [0.3, 0.4) is 0 Å². The van der Waals surface area contributed by atoms with Gasteiger partial charge in [0.15, 0.2) is 6.10 Å². The number of amides is 2. The first kappa shape index (κ1) is 22.0. The van der Waals surface area contributed by atoms with Gasteiger partial charge in [0, 0.05) is 13.5 Å². The Morgan fingerprint density at radius 1 is 1.18 bits per heavy atom. The van der Waals surface area contributed by atoms with Crippen LogP contribution in [0.25, 0.3) is 0 Å². The number of nitrogens with zero attached hydrogens (tertiary/aromatic N) is 1. The predicted octanol–water partition coefficient (Wildman–Crippen LogP) is 3.06. The molecule has 1 aliphatic heterocycles. The maximum atomic E-state index is 12.9. The van der Waals surface area contributed by atoms with Gasteiger partial charge in [-0.3, -0.25) is 9.59 Å². The fourth-order valence-corrected chi connectivity index (χ4v) is 2.75. The zero-order valence-electron chi connectivity index (χ0n) is 14.7. The number of hydrogen-bond donors (Lipinski definition) is 1. The molecule has 28 heavy (non-hydrogen) atoms. The molecule has 1 aromatic carbocycles. The molecule has 2 unspecified atom stereocenters. The molecule has 0 bridgehead atoms. The average molecular weight is 412 g/mol. The van der Waals surface area contributed by atoms with E-state index in [-0.39, 0.29) is 31.2 Å². The number of carbonyl (C=O) groups is 2. The molecule has 5 nitrogen and oxygen atoms in total. The van der Waals surface area contributed by atoms with Crippen LogP contribution in [0.1, 0.15) is 30.5 Å². The fraction of sp³-hybridized carbons (Fsp3) is 0.529. The summed E-state index contributed by atoms with van der Waals surface area (Å²) in [5.74, 6) is -1.18. The quantitative estimate of drug-likeness (QED) is 0.774. The van der Waals surface area contributed by atoms with Crippen LogP contribution < -0.4 is 5.32 Å². The van der Waals surface area contributed by atoms with Crippen LogP contribution in [-0.4, -0.2) is 48.7 Å². The Labute approximate surface area is 156 Å². The van der Waals surface area contributed by atoms with Crippen molar-refractivity contribution in [3.05, 3.63) is 35.4 Å². The van der Waals surface area contributed by atoms with Gasteiger partial charge in [-0.15, -0.1) is 0 Å². The number of hydrogen-bond acceptors (Lipinski definition) is 3. The first-order valence-electron chi connectivity index (χ1n) is 8.28. The van der Waals surface area contributed by atoms with Gasteiger partial charge in [-0.2, -0.15) is 26.3 Å². The molecular weight excluding hydrogens is 394 g/mol. The van der Waals surface area contributed by atoms with Crippen molar-refractivity contribution in [1.82, 2.24) is 10.2 Å². The van der Waals surface area contributed by atoms with Gasteiger partial charge in [0.25, 0.3) is 5.91 Å². The Bertz CT molecular complexity index is 702. The van der Waals surface area contributed by atoms with Crippen molar-refractivity contribution in [3.8, 4) is 0 Å². The molecule has 1 heterocycles. The van der Waals surface area contributed by atoms with Crippen LogP contribution in [0.2, 0.25) is 0 Å². The van der Waals surface area contributed by atoms with Crippen molar-refractivity contribution >= 4 is 11.8 Å². The Morgan fingerprint density at radius 2 is 1.79 bits per heavy atom. The van der Waals surface area contributed by atoms with Gasteiger partial charge in [-0.25, -0.2) is 0 Å². The summed E-state index contributed by atoms with van der Waals surface area (Å²) < 4.78 is 81.9. The number of carbonyl (C=O) groups excluding carboxylic acids is 2. The molecule has 1 fully saturated rings. The highest BCUT2D eigenvalue weighted by atomic mass is 19.4. The molecule has 2 rings (SSSR count). The average Bonchev–Trinajstić information content (AvgIpc) is 2.59. The van der Waals surface area contributed by atoms with E-state index >= 15 is 0 Å². The number of benzene rings is 1. The van der Waals surface area contributed by atoms with Crippen LogP contribution in [0, 0.1) is 0 Å². The third-order valence-electron chi connectivity index (χ3n) is 4.20. The van der Waals surface area contributed by atoms with E-state index in [2.05, 4.69) is 5.32 Å². The Morgan fingerprint density at radius 3 is 2.29 bits per heavy atom. The van der Waals surface area contributed by atoms with Crippen LogP contribution >= 0.6 is 0 Å². The molecule has 1 aromatic rings. The first-order valence-corrected chi connectivity index (χ1v) is 8.28. The minimum absolute atomic E-state index is 0.0435. The molecule has 0 aliphatic carbocycles. The molecule has 156 valence electrons. The highest BCUT2D eigenvalue weighted by Gasteiger charge is 2.36. The monoisotopic (exact) mass is 412 g/mol. The molecule has 11 heteroatoms. The lowest BCUT2D eigenvalue weighted by Crippen LogP contribution is -2.51. The molecule has 1 aliphatic rings. The molecule has 1 saturated heterocycles. The second-order valence-electron chi connectivity index (χ2n) is 6.32. The topological polar surface area (TPSA) is 58.6 Å². The summed E-state index contributed by atoms with van der Waals surface area (Å²) in [6.07, 6.45) is -11.9. The van der Waals surface area contributed by atoms with Gasteiger partial charge >= 0.3 is 12.4 Å². The van der Waals surface area contributed by atoms with Gasteiger partial charge in [0.2, 0.25) is 5.91 Å². The molecule has 0 spiro atoms. The highest BCUT2D eigenvalue weighted by Crippen LogP contribution is 2.33. The van der Waals surface area contributed by atoms with Crippen molar-refractivity contribution < 1.29 is 40.7 Å². The van der Waals surface area contributed by atoms with Crippen LogP contribution in [0.4, 0.5) is 26.3 Å². The van der Waals surface area contributed by atoms with Crippen LogP contribution in [0.15, 0.2) is 24.3 Å². The van der Waals surface area contributed by atoms with E-state index in [9.17, 15) is 35.9 Å². The van der Waals surface area contributed by atoms with Gasteiger partial charge in [0.1, 0.15) is 0 Å². The predicted molar refractivity (Wildman–Crippen MR) is 85.0 cm³/mol. The van der Waals surface area contributed by atoms with Gasteiger partial charge in [0.05, 0.1) is 31.2 Å².